The summed E-state index contributed by atoms with van der Waals surface area (Å²) in [5, 5.41) is 16.4. The molecule has 0 bridgehead atoms. The van der Waals surface area contributed by atoms with Crippen LogP contribution in [-0.4, -0.2) is 26.6 Å². The van der Waals surface area contributed by atoms with Crippen LogP contribution in [0.25, 0.3) is 5.65 Å². The van der Waals surface area contributed by atoms with E-state index in [1.165, 1.54) is 6.20 Å². The van der Waals surface area contributed by atoms with Gasteiger partial charge in [-0.25, -0.2) is 9.50 Å². The molecule has 7 nitrogen and oxygen atoms in total. The Morgan fingerprint density at radius 1 is 1.34 bits per heavy atom. The molecule has 0 atom stereocenters. The van der Waals surface area contributed by atoms with E-state index in [9.17, 15) is 4.79 Å². The Labute approximate surface area is 170 Å². The molecule has 3 rings (SSSR count). The predicted octanol–water partition coefficient (Wildman–Crippen LogP) is 3.71. The maximum Gasteiger partial charge on any atom is 0.224 e. The van der Waals surface area contributed by atoms with E-state index in [-0.39, 0.29) is 12.0 Å². The molecule has 0 fully saturated rings. The fraction of sp³-hybridized carbons (Fsp3) is 0.364. The molecule has 0 aliphatic carbocycles. The van der Waals surface area contributed by atoms with Crippen molar-refractivity contribution in [2.75, 3.05) is 5.32 Å². The van der Waals surface area contributed by atoms with Crippen molar-refractivity contribution in [3.63, 3.8) is 0 Å². The number of rotatable bonds is 7. The molecule has 0 spiro atoms. The van der Waals surface area contributed by atoms with E-state index in [0.717, 1.165) is 28.2 Å². The van der Waals surface area contributed by atoms with Gasteiger partial charge in [0, 0.05) is 23.5 Å². The normalized spacial score (nSPS) is 11.0. The second-order valence-corrected chi connectivity index (χ2v) is 7.27. The highest BCUT2D eigenvalue weighted by atomic mass is 16.5. The molecule has 0 aliphatic heterocycles. The number of anilines is 1. The van der Waals surface area contributed by atoms with Crippen LogP contribution in [0.1, 0.15) is 48.3 Å². The average molecular weight is 391 g/mol. The lowest BCUT2D eigenvalue weighted by Gasteiger charge is -2.12. The Bertz CT molecular complexity index is 1080. The molecule has 0 saturated carbocycles. The Morgan fingerprint density at radius 2 is 2.14 bits per heavy atom. The van der Waals surface area contributed by atoms with Crippen LogP contribution < -0.4 is 5.32 Å². The fourth-order valence-electron chi connectivity index (χ4n) is 3.22. The molecule has 3 aromatic rings. The van der Waals surface area contributed by atoms with Gasteiger partial charge in [0.1, 0.15) is 11.6 Å². The monoisotopic (exact) mass is 391 g/mol. The van der Waals surface area contributed by atoms with Crippen molar-refractivity contribution >= 4 is 17.2 Å². The zero-order valence-electron chi connectivity index (χ0n) is 17.2. The highest BCUT2D eigenvalue weighted by Gasteiger charge is 2.15. The Balaban J connectivity index is 1.67. The molecule has 1 amide bonds. The third-order valence-electron chi connectivity index (χ3n) is 4.73. The highest BCUT2D eigenvalue weighted by Crippen LogP contribution is 2.19. The number of benzene rings is 1. The predicted molar refractivity (Wildman–Crippen MR) is 110 cm³/mol. The van der Waals surface area contributed by atoms with Crippen LogP contribution in [0.2, 0.25) is 0 Å². The summed E-state index contributed by atoms with van der Waals surface area (Å²) in [4.78, 5) is 17.0. The molecule has 2 aromatic heterocycles. The van der Waals surface area contributed by atoms with E-state index in [1.54, 1.807) is 4.52 Å². The number of carbonyl (C=O) groups excluding carboxylic acids is 1. The highest BCUT2D eigenvalue weighted by molar-refractivity contribution is 5.90. The van der Waals surface area contributed by atoms with E-state index in [0.29, 0.717) is 30.7 Å². The first-order valence-electron chi connectivity index (χ1n) is 9.63. The minimum absolute atomic E-state index is 0.0657. The summed E-state index contributed by atoms with van der Waals surface area (Å²) >= 11 is 0. The molecule has 1 N–H and O–H groups in total. The van der Waals surface area contributed by atoms with E-state index >= 15 is 0 Å². The summed E-state index contributed by atoms with van der Waals surface area (Å²) in [5.74, 6) is -0.0657. The van der Waals surface area contributed by atoms with Crippen molar-refractivity contribution in [2.24, 2.45) is 0 Å². The van der Waals surface area contributed by atoms with Crippen molar-refractivity contribution in [1.82, 2.24) is 14.6 Å². The summed E-state index contributed by atoms with van der Waals surface area (Å²) in [6.07, 6.45) is 2.55. The van der Waals surface area contributed by atoms with E-state index in [1.807, 2.05) is 52.0 Å². The summed E-state index contributed by atoms with van der Waals surface area (Å²) in [5.41, 5.74) is 5.46. The molecular weight excluding hydrogens is 366 g/mol. The number of amides is 1. The SMILES string of the molecule is Cc1nc2c(C#N)cnn2c(C)c1CCC(=O)Nc1cccc(COC(C)C)c1. The molecule has 0 unspecified atom stereocenters. The van der Waals surface area contributed by atoms with Gasteiger partial charge in [0.25, 0.3) is 0 Å². The van der Waals surface area contributed by atoms with Gasteiger partial charge in [-0.15, -0.1) is 0 Å². The van der Waals surface area contributed by atoms with Crippen molar-refractivity contribution < 1.29 is 9.53 Å². The second-order valence-electron chi connectivity index (χ2n) is 7.27. The number of carbonyl (C=O) groups is 1. The molecule has 2 heterocycles. The lowest BCUT2D eigenvalue weighted by Crippen LogP contribution is -2.14. The molecule has 0 saturated heterocycles. The Kier molecular flexibility index (Phi) is 6.25. The second kappa shape index (κ2) is 8.84. The van der Waals surface area contributed by atoms with Crippen LogP contribution in [0.15, 0.2) is 30.5 Å². The number of aromatic nitrogens is 3. The lowest BCUT2D eigenvalue weighted by atomic mass is 10.1. The first kappa shape index (κ1) is 20.5. The summed E-state index contributed by atoms with van der Waals surface area (Å²) < 4.78 is 7.28. The van der Waals surface area contributed by atoms with Gasteiger partial charge in [-0.05, 0) is 57.4 Å². The number of nitrogens with zero attached hydrogens (tertiary/aromatic N) is 4. The summed E-state index contributed by atoms with van der Waals surface area (Å²) in [6, 6.07) is 9.78. The van der Waals surface area contributed by atoms with E-state index in [4.69, 9.17) is 10.00 Å². The van der Waals surface area contributed by atoms with Crippen LogP contribution in [-0.2, 0) is 22.6 Å². The largest absolute Gasteiger partial charge is 0.374 e. The standard InChI is InChI=1S/C22H25N5O2/c1-14(2)29-13-17-6-5-7-19(10-17)26-21(28)9-8-20-15(3)25-22-18(11-23)12-24-27(22)16(20)4/h5-7,10,12,14H,8-9,13H2,1-4H3,(H,26,28). The Hall–Kier alpha value is -3.24. The number of fused-ring (bicyclic) bond motifs is 1. The van der Waals surface area contributed by atoms with Gasteiger partial charge in [0.05, 0.1) is 18.9 Å². The maximum atomic E-state index is 12.5. The number of hydrogen-bond acceptors (Lipinski definition) is 5. The topological polar surface area (TPSA) is 92.3 Å². The van der Waals surface area contributed by atoms with Gasteiger partial charge in [-0.2, -0.15) is 10.4 Å². The smallest absolute Gasteiger partial charge is 0.224 e. The van der Waals surface area contributed by atoms with Crippen molar-refractivity contribution in [2.45, 2.75) is 53.2 Å². The third kappa shape index (κ3) is 4.79. The fourth-order valence-corrected chi connectivity index (χ4v) is 3.22. The van der Waals surface area contributed by atoms with Gasteiger partial charge < -0.3 is 10.1 Å². The van der Waals surface area contributed by atoms with Gasteiger partial charge in [0.15, 0.2) is 5.65 Å². The minimum atomic E-state index is -0.0657. The zero-order valence-corrected chi connectivity index (χ0v) is 17.2. The number of aryl methyl sites for hydroxylation is 2. The minimum Gasteiger partial charge on any atom is -0.374 e. The van der Waals surface area contributed by atoms with E-state index < -0.39 is 0 Å². The molecule has 1 aromatic carbocycles. The summed E-state index contributed by atoms with van der Waals surface area (Å²) in [6.45, 7) is 8.33. The number of ether oxygens (including phenoxy) is 1. The van der Waals surface area contributed by atoms with Crippen molar-refractivity contribution in [1.29, 1.82) is 5.26 Å². The number of nitriles is 1. The van der Waals surface area contributed by atoms with Crippen LogP contribution in [0, 0.1) is 25.2 Å². The first-order chi connectivity index (χ1) is 13.9. The first-order valence-corrected chi connectivity index (χ1v) is 9.63. The van der Waals surface area contributed by atoms with Crippen LogP contribution in [0.4, 0.5) is 5.69 Å². The molecule has 7 heteroatoms. The van der Waals surface area contributed by atoms with Gasteiger partial charge in [-0.1, -0.05) is 12.1 Å². The van der Waals surface area contributed by atoms with Gasteiger partial charge in [-0.3, -0.25) is 4.79 Å². The van der Waals surface area contributed by atoms with Crippen LogP contribution in [0.5, 0.6) is 0 Å². The molecular formula is C22H25N5O2. The average Bonchev–Trinajstić information content (AvgIpc) is 3.09. The molecule has 150 valence electrons. The van der Waals surface area contributed by atoms with Crippen LogP contribution in [0.3, 0.4) is 0 Å². The molecule has 0 radical (unpaired) electrons. The van der Waals surface area contributed by atoms with Gasteiger partial charge in [0.2, 0.25) is 5.91 Å². The van der Waals surface area contributed by atoms with Crippen molar-refractivity contribution in [3.8, 4) is 6.07 Å². The molecule has 29 heavy (non-hydrogen) atoms. The molecule has 0 aliphatic rings. The van der Waals surface area contributed by atoms with E-state index in [2.05, 4.69) is 21.5 Å². The van der Waals surface area contributed by atoms with Crippen LogP contribution >= 0.6 is 0 Å². The summed E-state index contributed by atoms with van der Waals surface area (Å²) in [7, 11) is 0. The lowest BCUT2D eigenvalue weighted by molar-refractivity contribution is -0.116. The van der Waals surface area contributed by atoms with Crippen molar-refractivity contribution in [3.05, 3.63) is 58.5 Å². The number of hydrogen-bond donors (Lipinski definition) is 1. The third-order valence-corrected chi connectivity index (χ3v) is 4.73. The Morgan fingerprint density at radius 3 is 2.86 bits per heavy atom. The van der Waals surface area contributed by atoms with Gasteiger partial charge >= 0.3 is 0 Å². The quantitative estimate of drug-likeness (QED) is 0.663. The maximum absolute atomic E-state index is 12.5. The zero-order chi connectivity index (χ0) is 21.0. The number of nitrogens with one attached hydrogen (secondary N) is 1.